The largest absolute Gasteiger partial charge is 0.493 e. The van der Waals surface area contributed by atoms with Crippen molar-refractivity contribution in [1.82, 2.24) is 9.97 Å². The second-order valence-electron chi connectivity index (χ2n) is 10.6. The third-order valence-corrected chi connectivity index (χ3v) is 7.17. The number of hydrogen-bond donors (Lipinski definition) is 0. The van der Waals surface area contributed by atoms with Crippen molar-refractivity contribution in [2.24, 2.45) is 5.92 Å². The highest BCUT2D eigenvalue weighted by Crippen LogP contribution is 2.21. The van der Waals surface area contributed by atoms with Crippen LogP contribution in [0.3, 0.4) is 0 Å². The molecular weight excluding hydrogens is 484 g/mol. The minimum absolute atomic E-state index is 0.396. The molecule has 0 saturated carbocycles. The summed E-state index contributed by atoms with van der Waals surface area (Å²) in [5.74, 6) is 1.37. The molecule has 5 heteroatoms. The van der Waals surface area contributed by atoms with Crippen molar-refractivity contribution in [1.29, 1.82) is 0 Å². The third kappa shape index (κ3) is 11.2. The Kier molecular flexibility index (Phi) is 13.5. The molecule has 210 valence electrons. The molecule has 0 aliphatic rings. The molecule has 0 radical (unpaired) electrons. The first-order valence-corrected chi connectivity index (χ1v) is 15.0. The molecule has 3 aromatic rings. The lowest BCUT2D eigenvalue weighted by atomic mass is 10.1. The van der Waals surface area contributed by atoms with Gasteiger partial charge >= 0.3 is 5.97 Å². The van der Waals surface area contributed by atoms with E-state index in [1.165, 1.54) is 57.8 Å². The van der Waals surface area contributed by atoms with Gasteiger partial charge in [-0.2, -0.15) is 0 Å². The second-order valence-corrected chi connectivity index (χ2v) is 10.6. The molecule has 2 aromatic carbocycles. The van der Waals surface area contributed by atoms with Gasteiger partial charge in [0.15, 0.2) is 0 Å². The molecule has 1 heterocycles. The summed E-state index contributed by atoms with van der Waals surface area (Å²) in [4.78, 5) is 21.8. The molecule has 39 heavy (non-hydrogen) atoms. The van der Waals surface area contributed by atoms with E-state index in [-0.39, 0.29) is 0 Å². The monoisotopic (exact) mass is 530 g/mol. The average Bonchev–Trinajstić information content (AvgIpc) is 2.98. The molecule has 5 nitrogen and oxygen atoms in total. The molecular formula is C34H46N2O3. The Morgan fingerprint density at radius 2 is 1.36 bits per heavy atom. The number of aromatic nitrogens is 2. The lowest BCUT2D eigenvalue weighted by Crippen LogP contribution is -2.09. The van der Waals surface area contributed by atoms with E-state index in [0.29, 0.717) is 23.8 Å². The summed E-state index contributed by atoms with van der Waals surface area (Å²) in [7, 11) is 0. The van der Waals surface area contributed by atoms with Crippen LogP contribution < -0.4 is 9.47 Å². The molecule has 1 unspecified atom stereocenters. The minimum Gasteiger partial charge on any atom is -0.493 e. The number of unbranched alkanes of at least 4 members (excludes halogenated alkanes) is 9. The molecule has 0 aliphatic heterocycles. The number of nitrogens with zero attached hydrogens (tertiary/aromatic N) is 2. The summed E-state index contributed by atoms with van der Waals surface area (Å²) >= 11 is 0. The van der Waals surface area contributed by atoms with Crippen LogP contribution in [-0.4, -0.2) is 22.5 Å². The van der Waals surface area contributed by atoms with Crippen LogP contribution in [0, 0.1) is 5.92 Å². The van der Waals surface area contributed by atoms with E-state index in [0.717, 1.165) is 42.0 Å². The van der Waals surface area contributed by atoms with Crippen molar-refractivity contribution in [3.05, 3.63) is 72.2 Å². The zero-order valence-corrected chi connectivity index (χ0v) is 24.2. The van der Waals surface area contributed by atoms with Crippen molar-refractivity contribution < 1.29 is 14.3 Å². The van der Waals surface area contributed by atoms with Gasteiger partial charge in [-0.25, -0.2) is 4.79 Å². The number of aryl methyl sites for hydroxylation is 1. The Labute approximate surface area is 235 Å². The van der Waals surface area contributed by atoms with E-state index in [9.17, 15) is 4.79 Å². The highest BCUT2D eigenvalue weighted by molar-refractivity contribution is 5.91. The van der Waals surface area contributed by atoms with Crippen LogP contribution in [0.25, 0.3) is 11.3 Å². The van der Waals surface area contributed by atoms with Crippen LogP contribution >= 0.6 is 0 Å². The van der Waals surface area contributed by atoms with Gasteiger partial charge in [0.05, 0.1) is 29.8 Å². The second kappa shape index (κ2) is 17.4. The van der Waals surface area contributed by atoms with Gasteiger partial charge in [-0.1, -0.05) is 97.1 Å². The highest BCUT2D eigenvalue weighted by atomic mass is 16.5. The van der Waals surface area contributed by atoms with Gasteiger partial charge in [0.2, 0.25) is 0 Å². The quantitative estimate of drug-likeness (QED) is 0.0931. The molecule has 1 atom stereocenters. The number of benzene rings is 2. The van der Waals surface area contributed by atoms with Crippen LogP contribution in [0.5, 0.6) is 11.5 Å². The zero-order chi connectivity index (χ0) is 27.7. The zero-order valence-electron chi connectivity index (χ0n) is 24.2. The molecule has 0 bridgehead atoms. The molecule has 3 rings (SSSR count). The van der Waals surface area contributed by atoms with Gasteiger partial charge in [-0.15, -0.1) is 0 Å². The van der Waals surface area contributed by atoms with Gasteiger partial charge in [0.25, 0.3) is 0 Å². The van der Waals surface area contributed by atoms with Crippen LogP contribution in [0.15, 0.2) is 60.9 Å². The fourth-order valence-electron chi connectivity index (χ4n) is 4.33. The molecule has 0 amide bonds. The Balaban J connectivity index is 1.38. The van der Waals surface area contributed by atoms with Gasteiger partial charge in [0.1, 0.15) is 11.5 Å². The third-order valence-electron chi connectivity index (χ3n) is 7.17. The summed E-state index contributed by atoms with van der Waals surface area (Å²) < 4.78 is 11.3. The van der Waals surface area contributed by atoms with Crippen LogP contribution in [0.1, 0.15) is 107 Å². The standard InChI is InChI=1S/C34H46N2O3/c1-4-6-7-8-9-10-11-12-13-14-15-30-24-36-33(25-35-30)28-16-18-29(19-17-28)34(37)39-32-22-20-31(21-23-32)38-26-27(3)5-2/h16-25,27H,4-15,26H2,1-3H3. The van der Waals surface area contributed by atoms with Crippen LogP contribution in [0.2, 0.25) is 0 Å². The number of carbonyl (C=O) groups is 1. The maximum atomic E-state index is 12.6. The predicted molar refractivity (Wildman–Crippen MR) is 159 cm³/mol. The fourth-order valence-corrected chi connectivity index (χ4v) is 4.33. The van der Waals surface area contributed by atoms with E-state index in [1.807, 2.05) is 36.7 Å². The lowest BCUT2D eigenvalue weighted by Gasteiger charge is -2.11. The summed E-state index contributed by atoms with van der Waals surface area (Å²) in [5.41, 5.74) is 3.25. The smallest absolute Gasteiger partial charge is 0.343 e. The van der Waals surface area contributed by atoms with E-state index in [2.05, 4.69) is 30.7 Å². The van der Waals surface area contributed by atoms with Crippen LogP contribution in [-0.2, 0) is 6.42 Å². The SMILES string of the molecule is CCCCCCCCCCCCc1cnc(-c2ccc(C(=O)Oc3ccc(OCC(C)CC)cc3)cc2)cn1. The molecule has 0 spiro atoms. The highest BCUT2D eigenvalue weighted by Gasteiger charge is 2.10. The minimum atomic E-state index is -0.396. The predicted octanol–water partition coefficient (Wildman–Crippen LogP) is 9.25. The lowest BCUT2D eigenvalue weighted by molar-refractivity contribution is 0.0734. The first-order chi connectivity index (χ1) is 19.1. The number of hydrogen-bond acceptors (Lipinski definition) is 5. The number of esters is 1. The topological polar surface area (TPSA) is 61.3 Å². The maximum absolute atomic E-state index is 12.6. The van der Waals surface area contributed by atoms with Gasteiger partial charge in [-0.3, -0.25) is 9.97 Å². The Hall–Kier alpha value is -3.21. The molecule has 0 saturated heterocycles. The Morgan fingerprint density at radius 1 is 0.744 bits per heavy atom. The van der Waals surface area contributed by atoms with Crippen molar-refractivity contribution in [2.45, 2.75) is 97.8 Å². The number of rotatable bonds is 18. The van der Waals surface area contributed by atoms with E-state index in [1.54, 1.807) is 24.3 Å². The van der Waals surface area contributed by atoms with Gasteiger partial charge in [-0.05, 0) is 55.2 Å². The number of carbonyl (C=O) groups excluding carboxylic acids is 1. The van der Waals surface area contributed by atoms with E-state index < -0.39 is 5.97 Å². The molecule has 0 fully saturated rings. The Bertz CT molecular complexity index is 1080. The first kappa shape index (κ1) is 30.3. The number of ether oxygens (including phenoxy) is 2. The van der Waals surface area contributed by atoms with E-state index >= 15 is 0 Å². The van der Waals surface area contributed by atoms with Gasteiger partial charge < -0.3 is 9.47 Å². The fraction of sp³-hybridized carbons (Fsp3) is 0.500. The Morgan fingerprint density at radius 3 is 1.95 bits per heavy atom. The molecule has 0 N–H and O–H groups in total. The summed E-state index contributed by atoms with van der Waals surface area (Å²) in [6, 6.07) is 14.5. The van der Waals surface area contributed by atoms with Crippen molar-refractivity contribution in [3.63, 3.8) is 0 Å². The normalized spacial score (nSPS) is 11.8. The van der Waals surface area contributed by atoms with Crippen molar-refractivity contribution in [2.75, 3.05) is 6.61 Å². The van der Waals surface area contributed by atoms with Crippen molar-refractivity contribution >= 4 is 5.97 Å². The summed E-state index contributed by atoms with van der Waals surface area (Å²) in [6.45, 7) is 7.24. The summed E-state index contributed by atoms with van der Waals surface area (Å²) in [6.07, 6.45) is 19.1. The first-order valence-electron chi connectivity index (χ1n) is 15.0. The van der Waals surface area contributed by atoms with Gasteiger partial charge in [0, 0.05) is 11.8 Å². The molecule has 1 aromatic heterocycles. The summed E-state index contributed by atoms with van der Waals surface area (Å²) in [5, 5.41) is 0. The van der Waals surface area contributed by atoms with E-state index in [4.69, 9.17) is 9.47 Å². The maximum Gasteiger partial charge on any atom is 0.343 e. The average molecular weight is 531 g/mol. The van der Waals surface area contributed by atoms with Crippen LogP contribution in [0.4, 0.5) is 0 Å². The van der Waals surface area contributed by atoms with Crippen molar-refractivity contribution in [3.8, 4) is 22.8 Å². The molecule has 0 aliphatic carbocycles.